The lowest BCUT2D eigenvalue weighted by Crippen LogP contribution is -2.26. The van der Waals surface area contributed by atoms with Crippen LogP contribution in [0.3, 0.4) is 0 Å². The van der Waals surface area contributed by atoms with Crippen molar-refractivity contribution in [3.05, 3.63) is 46.5 Å². The molecule has 0 aliphatic carbocycles. The number of carbonyl (C=O) groups excluding carboxylic acids is 1. The standard InChI is InChI=1S/C18H20O7/c1-6-7-18(2,21)14-11-8-10(22-3)9-12(23-4)13(11)16(19)25-15(14)17(20)24-5/h6,8-9,21H,1,7H2,2-5H3. The van der Waals surface area contributed by atoms with Crippen LogP contribution in [0.4, 0.5) is 0 Å². The van der Waals surface area contributed by atoms with E-state index in [1.54, 1.807) is 0 Å². The molecule has 2 rings (SSSR count). The van der Waals surface area contributed by atoms with Crippen molar-refractivity contribution in [2.24, 2.45) is 0 Å². The Bertz CT molecular complexity index is 877. The molecular weight excluding hydrogens is 328 g/mol. The highest BCUT2D eigenvalue weighted by atomic mass is 16.5. The topological polar surface area (TPSA) is 95.2 Å². The number of methoxy groups -OCH3 is 3. The minimum atomic E-state index is -1.54. The Balaban J connectivity index is 3.07. The van der Waals surface area contributed by atoms with Gasteiger partial charge < -0.3 is 23.7 Å². The number of carbonyl (C=O) groups is 1. The summed E-state index contributed by atoms with van der Waals surface area (Å²) in [5.41, 5.74) is -2.22. The maximum absolute atomic E-state index is 12.4. The first-order valence-corrected chi connectivity index (χ1v) is 7.45. The minimum Gasteiger partial charge on any atom is -0.497 e. The van der Waals surface area contributed by atoms with E-state index in [1.165, 1.54) is 39.4 Å². The van der Waals surface area contributed by atoms with E-state index in [2.05, 4.69) is 6.58 Å². The zero-order valence-electron chi connectivity index (χ0n) is 14.5. The van der Waals surface area contributed by atoms with Gasteiger partial charge in [-0.25, -0.2) is 9.59 Å². The summed E-state index contributed by atoms with van der Waals surface area (Å²) in [7, 11) is 4.00. The molecule has 0 bridgehead atoms. The first kappa shape index (κ1) is 18.5. The van der Waals surface area contributed by atoms with E-state index < -0.39 is 17.2 Å². The van der Waals surface area contributed by atoms with Crippen LogP contribution in [0.15, 0.2) is 34.0 Å². The Morgan fingerprint density at radius 3 is 2.52 bits per heavy atom. The Morgan fingerprint density at radius 2 is 2.00 bits per heavy atom. The summed E-state index contributed by atoms with van der Waals surface area (Å²) in [4.78, 5) is 24.6. The molecule has 0 aliphatic heterocycles. The fraction of sp³-hybridized carbons (Fsp3) is 0.333. The number of fused-ring (bicyclic) bond motifs is 1. The van der Waals surface area contributed by atoms with Gasteiger partial charge in [0.15, 0.2) is 0 Å². The SMILES string of the molecule is C=CCC(C)(O)c1c(C(=O)OC)oc(=O)c2c(OC)cc(OC)cc12. The molecule has 1 N–H and O–H groups in total. The average molecular weight is 348 g/mol. The molecule has 1 aromatic carbocycles. The number of hydrogen-bond acceptors (Lipinski definition) is 7. The number of benzene rings is 1. The van der Waals surface area contributed by atoms with Crippen molar-refractivity contribution < 1.29 is 28.5 Å². The minimum absolute atomic E-state index is 0.0929. The van der Waals surface area contributed by atoms with Crippen LogP contribution in [-0.2, 0) is 10.3 Å². The predicted molar refractivity (Wildman–Crippen MR) is 91.3 cm³/mol. The molecule has 7 nitrogen and oxygen atoms in total. The Labute approximate surface area is 144 Å². The largest absolute Gasteiger partial charge is 0.497 e. The monoisotopic (exact) mass is 348 g/mol. The molecular formula is C18H20O7. The lowest BCUT2D eigenvalue weighted by molar-refractivity contribution is 0.0450. The van der Waals surface area contributed by atoms with E-state index in [0.29, 0.717) is 5.75 Å². The second kappa shape index (κ2) is 6.98. The summed E-state index contributed by atoms with van der Waals surface area (Å²) in [6.45, 7) is 5.10. The van der Waals surface area contributed by atoms with Crippen LogP contribution in [0, 0.1) is 0 Å². The molecule has 0 spiro atoms. The van der Waals surface area contributed by atoms with E-state index in [9.17, 15) is 14.7 Å². The number of aliphatic hydroxyl groups is 1. The van der Waals surface area contributed by atoms with Crippen molar-refractivity contribution in [2.45, 2.75) is 18.9 Å². The molecule has 1 unspecified atom stereocenters. The van der Waals surface area contributed by atoms with Gasteiger partial charge in [0.25, 0.3) is 0 Å². The quantitative estimate of drug-likeness (QED) is 0.632. The lowest BCUT2D eigenvalue weighted by Gasteiger charge is -2.25. The van der Waals surface area contributed by atoms with Crippen molar-refractivity contribution in [2.75, 3.05) is 21.3 Å². The van der Waals surface area contributed by atoms with Crippen LogP contribution in [0.5, 0.6) is 11.5 Å². The van der Waals surface area contributed by atoms with E-state index in [0.717, 1.165) is 7.11 Å². The lowest BCUT2D eigenvalue weighted by atomic mass is 9.87. The van der Waals surface area contributed by atoms with Gasteiger partial charge in [0.2, 0.25) is 5.76 Å². The van der Waals surface area contributed by atoms with E-state index in [4.69, 9.17) is 18.6 Å². The summed E-state index contributed by atoms with van der Waals surface area (Å²) in [5.74, 6) is -0.654. The molecule has 2 aromatic rings. The maximum atomic E-state index is 12.4. The Kier molecular flexibility index (Phi) is 5.18. The van der Waals surface area contributed by atoms with Crippen LogP contribution in [0.1, 0.15) is 29.5 Å². The number of hydrogen-bond donors (Lipinski definition) is 1. The highest BCUT2D eigenvalue weighted by Gasteiger charge is 2.34. The van der Waals surface area contributed by atoms with E-state index in [-0.39, 0.29) is 34.3 Å². The molecule has 0 radical (unpaired) electrons. The number of ether oxygens (including phenoxy) is 3. The third-order valence-electron chi connectivity index (χ3n) is 3.88. The summed E-state index contributed by atoms with van der Waals surface area (Å²) >= 11 is 0. The van der Waals surface area contributed by atoms with Gasteiger partial charge in [0.1, 0.15) is 16.9 Å². The molecule has 0 saturated heterocycles. The van der Waals surface area contributed by atoms with Crippen molar-refractivity contribution in [3.63, 3.8) is 0 Å². The molecule has 1 atom stereocenters. The maximum Gasteiger partial charge on any atom is 0.374 e. The van der Waals surface area contributed by atoms with Gasteiger partial charge in [0, 0.05) is 17.0 Å². The summed E-state index contributed by atoms with van der Waals surface area (Å²) < 4.78 is 20.3. The zero-order chi connectivity index (χ0) is 18.8. The predicted octanol–water partition coefficient (Wildman–Crippen LogP) is 2.38. The highest BCUT2D eigenvalue weighted by Crippen LogP contribution is 2.38. The van der Waals surface area contributed by atoms with Crippen LogP contribution < -0.4 is 15.1 Å². The van der Waals surface area contributed by atoms with Crippen molar-refractivity contribution >= 4 is 16.7 Å². The van der Waals surface area contributed by atoms with Gasteiger partial charge in [-0.15, -0.1) is 6.58 Å². The van der Waals surface area contributed by atoms with Gasteiger partial charge in [-0.05, 0) is 19.4 Å². The van der Waals surface area contributed by atoms with E-state index in [1.807, 2.05) is 0 Å². The van der Waals surface area contributed by atoms with Gasteiger partial charge in [-0.2, -0.15) is 0 Å². The molecule has 1 heterocycles. The first-order valence-electron chi connectivity index (χ1n) is 7.45. The molecule has 0 aliphatic rings. The molecule has 0 fully saturated rings. The molecule has 25 heavy (non-hydrogen) atoms. The van der Waals surface area contributed by atoms with Crippen molar-refractivity contribution in [1.29, 1.82) is 0 Å². The third kappa shape index (κ3) is 3.23. The Hall–Kier alpha value is -2.80. The fourth-order valence-electron chi connectivity index (χ4n) is 2.75. The van der Waals surface area contributed by atoms with Gasteiger partial charge in [0.05, 0.1) is 26.9 Å². The second-order valence-electron chi connectivity index (χ2n) is 5.60. The van der Waals surface area contributed by atoms with Gasteiger partial charge >= 0.3 is 11.6 Å². The summed E-state index contributed by atoms with van der Waals surface area (Å²) in [5, 5.41) is 11.3. The smallest absolute Gasteiger partial charge is 0.374 e. The van der Waals surface area contributed by atoms with Crippen molar-refractivity contribution in [1.82, 2.24) is 0 Å². The summed E-state index contributed by atoms with van der Waals surface area (Å²) in [6, 6.07) is 3.05. The number of rotatable bonds is 6. The molecule has 0 saturated carbocycles. The molecule has 1 aromatic heterocycles. The molecule has 7 heteroatoms. The Morgan fingerprint density at radius 1 is 1.32 bits per heavy atom. The average Bonchev–Trinajstić information content (AvgIpc) is 2.59. The van der Waals surface area contributed by atoms with Gasteiger partial charge in [-0.3, -0.25) is 0 Å². The zero-order valence-corrected chi connectivity index (χ0v) is 14.5. The third-order valence-corrected chi connectivity index (χ3v) is 3.88. The van der Waals surface area contributed by atoms with Crippen LogP contribution in [0.2, 0.25) is 0 Å². The van der Waals surface area contributed by atoms with Crippen LogP contribution >= 0.6 is 0 Å². The summed E-state index contributed by atoms with van der Waals surface area (Å²) in [6.07, 6.45) is 1.61. The second-order valence-corrected chi connectivity index (χ2v) is 5.60. The molecule has 0 amide bonds. The van der Waals surface area contributed by atoms with Gasteiger partial charge in [-0.1, -0.05) is 6.08 Å². The van der Waals surface area contributed by atoms with Crippen LogP contribution in [0.25, 0.3) is 10.8 Å². The first-order chi connectivity index (χ1) is 11.8. The highest BCUT2D eigenvalue weighted by molar-refractivity contribution is 5.98. The van der Waals surface area contributed by atoms with Crippen LogP contribution in [-0.4, -0.2) is 32.4 Å². The van der Waals surface area contributed by atoms with E-state index >= 15 is 0 Å². The normalized spacial score (nSPS) is 13.2. The number of esters is 1. The molecule has 134 valence electrons. The fourth-order valence-corrected chi connectivity index (χ4v) is 2.75. The van der Waals surface area contributed by atoms with Crippen molar-refractivity contribution in [3.8, 4) is 11.5 Å².